The Kier molecular flexibility index (Phi) is 39.0. The Balaban J connectivity index is 1.33. The first-order valence-corrected chi connectivity index (χ1v) is 39.1. The first-order valence-electron chi connectivity index (χ1n) is 36.9. The molecule has 0 saturated heterocycles. The van der Waals surface area contributed by atoms with E-state index in [-0.39, 0.29) is 134 Å². The Morgan fingerprint density at radius 1 is 0.468 bits per heavy atom. The van der Waals surface area contributed by atoms with E-state index in [0.717, 1.165) is 16.7 Å². The van der Waals surface area contributed by atoms with Gasteiger partial charge in [0.2, 0.25) is 70.0 Å². The molecule has 6 rings (SSSR count). The molecule has 594 valence electrons. The monoisotopic (exact) mass is 1550 g/mol. The molecule has 0 saturated carbocycles. The SMILES string of the molecule is CCOCNCC(=O)N(CCCCN)CC(=O)N(CC(=O)N(CCc1ccccc1)CC(=O)N(CCCCN)CC(=O)N(CCc1ccccc1)CC(=O)N(CCc1ccccc1)CC(=O)N(CCc1ccc(S(N)(=O)=O)cc1)CC(=O)N(CCCCN)CC(=O)NC(CCS)C(=O)O)Cc1ccc2c(c1)OCO2. The number of thiol groups is 1. The summed E-state index contributed by atoms with van der Waals surface area (Å²) >= 11 is 4.13. The Labute approximate surface area is 644 Å². The minimum atomic E-state index is -4.08. The lowest BCUT2D eigenvalue weighted by Gasteiger charge is -2.33. The molecule has 0 aromatic heterocycles. The molecule has 1 unspecified atom stereocenters. The zero-order valence-corrected chi connectivity index (χ0v) is 64.1. The van der Waals surface area contributed by atoms with Crippen LogP contribution in [0.4, 0.5) is 0 Å². The third-order valence-corrected chi connectivity index (χ3v) is 19.3. The molecule has 32 heteroatoms. The molecule has 1 heterocycles. The molecule has 9 amide bonds. The van der Waals surface area contributed by atoms with Crippen molar-refractivity contribution in [1.82, 2.24) is 49.8 Å². The molecule has 30 nitrogen and oxygen atoms in total. The van der Waals surface area contributed by atoms with E-state index in [0.29, 0.717) is 74.3 Å². The lowest BCUT2D eigenvalue weighted by atomic mass is 10.1. The number of fused-ring (bicyclic) bond motifs is 1. The largest absolute Gasteiger partial charge is 0.480 e. The van der Waals surface area contributed by atoms with Crippen LogP contribution < -0.4 is 42.4 Å². The van der Waals surface area contributed by atoms with Crippen molar-refractivity contribution in [1.29, 1.82) is 0 Å². The molecule has 5 aromatic rings. The standard InChI is InChI=1S/C77H108N14O16S2/c1-2-105-57-82-47-69(93)85(39-16-13-36-79)55-76(100)91(48-63-26-29-66-67(46-63)107-58-106-66)56-75(99)90(43-32-61-22-10-5-11-23-61)52-71(95)86(40-17-14-37-80)50-72(96)87(41-30-59-18-6-3-7-19-59)53-73(97)88(42-31-60-20-8-4-9-21-60)54-74(98)89(44-33-62-24-27-64(28-25-62)109(81,103)104)51-70(94)84(38-15-12-35-78)49-68(92)83-65(34-45-108)77(101)102/h3-11,18-29,46,65,82,108H,2,12-17,30-45,47-58,78-80H2,1H3,(H,83,92)(H,101,102)(H2,81,103,104). The number of benzene rings is 5. The normalized spacial score (nSPS) is 11.8. The average molecular weight is 1550 g/mol. The lowest BCUT2D eigenvalue weighted by molar-refractivity contribution is -0.149. The zero-order chi connectivity index (χ0) is 78.9. The Bertz CT molecular complexity index is 3820. The van der Waals surface area contributed by atoms with Crippen LogP contribution in [0.1, 0.15) is 79.7 Å². The molecule has 0 radical (unpaired) electrons. The summed E-state index contributed by atoms with van der Waals surface area (Å²) in [6.07, 6.45) is 3.47. The van der Waals surface area contributed by atoms with Crippen molar-refractivity contribution >= 4 is 81.8 Å². The van der Waals surface area contributed by atoms with Crippen LogP contribution in [0.25, 0.3) is 0 Å². The number of hydrogen-bond acceptors (Lipinski definition) is 20. The summed E-state index contributed by atoms with van der Waals surface area (Å²) in [7, 11) is -4.08. The van der Waals surface area contributed by atoms with E-state index in [4.69, 9.17) is 36.6 Å². The second kappa shape index (κ2) is 48.1. The maximum atomic E-state index is 15.4. The van der Waals surface area contributed by atoms with Gasteiger partial charge in [-0.2, -0.15) is 12.6 Å². The summed E-state index contributed by atoms with van der Waals surface area (Å²) in [6, 6.07) is 37.1. The Morgan fingerprint density at radius 3 is 1.21 bits per heavy atom. The average Bonchev–Trinajstić information content (AvgIpc) is 1.83. The Hall–Kier alpha value is -9.54. The van der Waals surface area contributed by atoms with E-state index in [1.165, 1.54) is 63.5 Å². The highest BCUT2D eigenvalue weighted by Crippen LogP contribution is 2.33. The van der Waals surface area contributed by atoms with Gasteiger partial charge >= 0.3 is 5.97 Å². The van der Waals surface area contributed by atoms with Gasteiger partial charge in [-0.05, 0) is 155 Å². The van der Waals surface area contributed by atoms with Crippen molar-refractivity contribution in [3.8, 4) is 11.5 Å². The fraction of sp³-hybridized carbons (Fsp3) is 0.481. The van der Waals surface area contributed by atoms with Gasteiger partial charge in [0.05, 0.1) is 64.0 Å². The number of unbranched alkanes of at least 4 members (excludes halogenated alkanes) is 3. The van der Waals surface area contributed by atoms with Gasteiger partial charge < -0.3 is 81.0 Å². The molecular weight excluding hydrogens is 1440 g/mol. The molecule has 5 aromatic carbocycles. The zero-order valence-electron chi connectivity index (χ0n) is 62.3. The van der Waals surface area contributed by atoms with E-state index in [9.17, 15) is 37.5 Å². The van der Waals surface area contributed by atoms with Crippen LogP contribution >= 0.6 is 12.6 Å². The van der Waals surface area contributed by atoms with Crippen LogP contribution in [0, 0.1) is 0 Å². The van der Waals surface area contributed by atoms with E-state index in [1.807, 2.05) is 97.9 Å². The second-order valence-electron chi connectivity index (χ2n) is 26.3. The van der Waals surface area contributed by atoms with Gasteiger partial charge in [-0.3, -0.25) is 48.5 Å². The van der Waals surface area contributed by atoms with Gasteiger partial charge in [-0.25, -0.2) is 18.4 Å². The third-order valence-electron chi connectivity index (χ3n) is 18.1. The molecule has 1 aliphatic heterocycles. The number of carbonyl (C=O) groups excluding carboxylic acids is 9. The quantitative estimate of drug-likeness (QED) is 0.0156. The van der Waals surface area contributed by atoms with Crippen LogP contribution in [-0.4, -0.2) is 268 Å². The molecule has 1 aliphatic rings. The second-order valence-corrected chi connectivity index (χ2v) is 28.3. The molecule has 0 bridgehead atoms. The number of amides is 9. The number of primary sulfonamides is 1. The lowest BCUT2D eigenvalue weighted by Crippen LogP contribution is -2.53. The van der Waals surface area contributed by atoms with E-state index < -0.39 is 122 Å². The summed E-state index contributed by atoms with van der Waals surface area (Å²) in [4.78, 5) is 156. The highest BCUT2D eigenvalue weighted by Gasteiger charge is 2.33. The molecular formula is C77H108N14O16S2. The van der Waals surface area contributed by atoms with Gasteiger partial charge in [0, 0.05) is 59.0 Å². The number of carboxylic acids is 1. The number of nitrogens with zero attached hydrogens (tertiary/aromatic N) is 8. The van der Waals surface area contributed by atoms with Crippen molar-refractivity contribution in [3.63, 3.8) is 0 Å². The molecule has 0 fully saturated rings. The number of hydrogen-bond donors (Lipinski definition) is 8. The summed E-state index contributed by atoms with van der Waals surface area (Å²) < 4.78 is 41.1. The maximum absolute atomic E-state index is 15.4. The number of carbonyl (C=O) groups is 10. The van der Waals surface area contributed by atoms with Crippen LogP contribution in [-0.2, 0) is 94.9 Å². The smallest absolute Gasteiger partial charge is 0.326 e. The fourth-order valence-corrected chi connectivity index (χ4v) is 12.6. The van der Waals surface area contributed by atoms with Crippen molar-refractivity contribution in [3.05, 3.63) is 161 Å². The maximum Gasteiger partial charge on any atom is 0.326 e. The molecule has 0 spiro atoms. The summed E-state index contributed by atoms with van der Waals surface area (Å²) in [5, 5.41) is 20.6. The van der Waals surface area contributed by atoms with E-state index >= 15 is 24.0 Å². The fourth-order valence-electron chi connectivity index (χ4n) is 11.8. The molecule has 0 aliphatic carbocycles. The van der Waals surface area contributed by atoms with E-state index in [2.05, 4.69) is 23.3 Å². The van der Waals surface area contributed by atoms with Crippen molar-refractivity contribution in [2.75, 3.05) is 150 Å². The first kappa shape index (κ1) is 88.4. The van der Waals surface area contributed by atoms with Gasteiger partial charge in [0.15, 0.2) is 11.5 Å². The van der Waals surface area contributed by atoms with Crippen molar-refractivity contribution in [2.24, 2.45) is 22.3 Å². The summed E-state index contributed by atoms with van der Waals surface area (Å²) in [5.41, 5.74) is 21.3. The number of nitrogens with one attached hydrogen (secondary N) is 2. The van der Waals surface area contributed by atoms with Gasteiger partial charge in [0.25, 0.3) is 0 Å². The number of aliphatic carboxylic acids is 1. The summed E-state index contributed by atoms with van der Waals surface area (Å²) in [6.45, 7) is -1.67. The third kappa shape index (κ3) is 31.9. The van der Waals surface area contributed by atoms with E-state index in [1.54, 1.807) is 18.2 Å². The molecule has 1 atom stereocenters. The van der Waals surface area contributed by atoms with Crippen LogP contribution in [0.3, 0.4) is 0 Å². The highest BCUT2D eigenvalue weighted by atomic mass is 32.2. The van der Waals surface area contributed by atoms with Gasteiger partial charge in [-0.15, -0.1) is 0 Å². The highest BCUT2D eigenvalue weighted by molar-refractivity contribution is 7.89. The van der Waals surface area contributed by atoms with Gasteiger partial charge in [-0.1, -0.05) is 109 Å². The molecule has 11 N–H and O–H groups in total. The topological polar surface area (TPSA) is 407 Å². The number of rotatable bonds is 52. The van der Waals surface area contributed by atoms with Gasteiger partial charge in [0.1, 0.15) is 12.6 Å². The minimum Gasteiger partial charge on any atom is -0.480 e. The van der Waals surface area contributed by atoms with Crippen LogP contribution in [0.5, 0.6) is 11.5 Å². The molecule has 109 heavy (non-hydrogen) atoms. The number of nitrogens with two attached hydrogens (primary N) is 4. The summed E-state index contributed by atoms with van der Waals surface area (Å²) in [5.74, 6) is -5.95. The van der Waals surface area contributed by atoms with Crippen LogP contribution in [0.15, 0.2) is 138 Å². The minimum absolute atomic E-state index is 0.00108. The first-order chi connectivity index (χ1) is 52.5. The number of carboxylic acid groups (broad SMARTS) is 1. The number of sulfonamides is 1. The predicted molar refractivity (Wildman–Crippen MR) is 413 cm³/mol. The van der Waals surface area contributed by atoms with Crippen molar-refractivity contribution in [2.45, 2.75) is 95.0 Å². The predicted octanol–water partition coefficient (Wildman–Crippen LogP) is 1.85. The van der Waals surface area contributed by atoms with Crippen LogP contribution in [0.2, 0.25) is 0 Å². The number of ether oxygens (including phenoxy) is 3. The van der Waals surface area contributed by atoms with Crippen molar-refractivity contribution < 1.29 is 75.7 Å². The Morgan fingerprint density at radius 2 is 0.826 bits per heavy atom.